The SMILES string of the molecule is CC(NC1CCCc2occc21)c1ccc(F)cc1O. The lowest BCUT2D eigenvalue weighted by atomic mass is 9.92. The molecule has 1 aliphatic rings. The van der Waals surface area contributed by atoms with Crippen molar-refractivity contribution in [3.05, 3.63) is 53.2 Å². The van der Waals surface area contributed by atoms with Crippen LogP contribution in [-0.4, -0.2) is 5.11 Å². The van der Waals surface area contributed by atoms with Gasteiger partial charge in [-0.3, -0.25) is 0 Å². The Kier molecular flexibility index (Phi) is 3.49. The second kappa shape index (κ2) is 5.29. The largest absolute Gasteiger partial charge is 0.508 e. The van der Waals surface area contributed by atoms with E-state index in [0.717, 1.165) is 31.1 Å². The monoisotopic (exact) mass is 275 g/mol. The highest BCUT2D eigenvalue weighted by molar-refractivity contribution is 5.35. The van der Waals surface area contributed by atoms with E-state index < -0.39 is 5.82 Å². The number of hydrogen-bond donors (Lipinski definition) is 2. The molecule has 1 aromatic carbocycles. The van der Waals surface area contributed by atoms with E-state index >= 15 is 0 Å². The lowest BCUT2D eigenvalue weighted by Gasteiger charge is -2.27. The van der Waals surface area contributed by atoms with Gasteiger partial charge in [-0.1, -0.05) is 6.07 Å². The van der Waals surface area contributed by atoms with Crippen molar-refractivity contribution in [1.82, 2.24) is 5.32 Å². The minimum atomic E-state index is -0.423. The molecule has 0 aliphatic heterocycles. The van der Waals surface area contributed by atoms with E-state index in [2.05, 4.69) is 5.32 Å². The summed E-state index contributed by atoms with van der Waals surface area (Å²) in [5, 5.41) is 13.3. The standard InChI is InChI=1S/C16H18FNO2/c1-10(12-6-5-11(17)9-15(12)19)18-14-3-2-4-16-13(14)7-8-20-16/h5-10,14,18-19H,2-4H2,1H3. The number of aromatic hydroxyl groups is 1. The summed E-state index contributed by atoms with van der Waals surface area (Å²) >= 11 is 0. The molecule has 0 fully saturated rings. The van der Waals surface area contributed by atoms with Crippen LogP contribution in [0.4, 0.5) is 4.39 Å². The van der Waals surface area contributed by atoms with Gasteiger partial charge in [0.2, 0.25) is 0 Å². The molecule has 0 amide bonds. The molecule has 1 heterocycles. The second-order valence-corrected chi connectivity index (χ2v) is 5.34. The molecule has 3 rings (SSSR count). The molecule has 0 saturated carbocycles. The van der Waals surface area contributed by atoms with Gasteiger partial charge in [0.15, 0.2) is 0 Å². The van der Waals surface area contributed by atoms with Crippen LogP contribution in [0.5, 0.6) is 5.75 Å². The molecule has 0 spiro atoms. The summed E-state index contributed by atoms with van der Waals surface area (Å²) in [5.74, 6) is 0.616. The number of phenols is 1. The zero-order valence-corrected chi connectivity index (χ0v) is 11.4. The van der Waals surface area contributed by atoms with Gasteiger partial charge in [-0.25, -0.2) is 4.39 Å². The summed E-state index contributed by atoms with van der Waals surface area (Å²) in [6, 6.07) is 6.32. The number of rotatable bonds is 3. The van der Waals surface area contributed by atoms with Gasteiger partial charge in [0, 0.05) is 35.7 Å². The van der Waals surface area contributed by atoms with Crippen LogP contribution >= 0.6 is 0 Å². The first-order valence-corrected chi connectivity index (χ1v) is 6.96. The van der Waals surface area contributed by atoms with E-state index in [-0.39, 0.29) is 17.8 Å². The van der Waals surface area contributed by atoms with Crippen LogP contribution in [0.1, 0.15) is 48.7 Å². The number of furan rings is 1. The van der Waals surface area contributed by atoms with Crippen LogP contribution in [0.15, 0.2) is 34.9 Å². The minimum absolute atomic E-state index is 0.00627. The molecule has 1 aromatic heterocycles. The zero-order valence-electron chi connectivity index (χ0n) is 11.4. The Labute approximate surface area is 117 Å². The van der Waals surface area contributed by atoms with Gasteiger partial charge < -0.3 is 14.8 Å². The first-order chi connectivity index (χ1) is 9.65. The van der Waals surface area contributed by atoms with Crippen molar-refractivity contribution in [3.8, 4) is 5.75 Å². The third kappa shape index (κ3) is 2.43. The quantitative estimate of drug-likeness (QED) is 0.894. The number of hydrogen-bond acceptors (Lipinski definition) is 3. The fourth-order valence-corrected chi connectivity index (χ4v) is 2.93. The fraction of sp³-hybridized carbons (Fsp3) is 0.375. The molecule has 4 heteroatoms. The maximum absolute atomic E-state index is 13.0. The highest BCUT2D eigenvalue weighted by atomic mass is 19.1. The Morgan fingerprint density at radius 3 is 3.05 bits per heavy atom. The second-order valence-electron chi connectivity index (χ2n) is 5.34. The Morgan fingerprint density at radius 1 is 1.40 bits per heavy atom. The Balaban J connectivity index is 1.79. The van der Waals surface area contributed by atoms with E-state index in [4.69, 9.17) is 4.42 Å². The van der Waals surface area contributed by atoms with Gasteiger partial charge in [-0.15, -0.1) is 0 Å². The highest BCUT2D eigenvalue weighted by Crippen LogP contribution is 2.33. The number of benzene rings is 1. The minimum Gasteiger partial charge on any atom is -0.508 e. The fourth-order valence-electron chi connectivity index (χ4n) is 2.93. The molecule has 2 unspecified atom stereocenters. The summed E-state index contributed by atoms with van der Waals surface area (Å²) in [4.78, 5) is 0. The van der Waals surface area contributed by atoms with Crippen LogP contribution in [-0.2, 0) is 6.42 Å². The number of phenolic OH excluding ortho intramolecular Hbond substituents is 1. The van der Waals surface area contributed by atoms with Gasteiger partial charge >= 0.3 is 0 Å². The molecule has 2 aromatic rings. The van der Waals surface area contributed by atoms with Crippen molar-refractivity contribution in [2.24, 2.45) is 0 Å². The van der Waals surface area contributed by atoms with Gasteiger partial charge in [0.05, 0.1) is 6.26 Å². The predicted octanol–water partition coefficient (Wildman–Crippen LogP) is 3.85. The molecule has 1 aliphatic carbocycles. The average molecular weight is 275 g/mol. The van der Waals surface area contributed by atoms with Gasteiger partial charge in [0.25, 0.3) is 0 Å². The smallest absolute Gasteiger partial charge is 0.126 e. The molecule has 106 valence electrons. The Bertz CT molecular complexity index is 608. The van der Waals surface area contributed by atoms with Crippen molar-refractivity contribution < 1.29 is 13.9 Å². The van der Waals surface area contributed by atoms with Crippen molar-refractivity contribution in [1.29, 1.82) is 0 Å². The highest BCUT2D eigenvalue weighted by Gasteiger charge is 2.24. The number of fused-ring (bicyclic) bond motifs is 1. The Morgan fingerprint density at radius 2 is 2.25 bits per heavy atom. The van der Waals surface area contributed by atoms with Crippen molar-refractivity contribution in [3.63, 3.8) is 0 Å². The van der Waals surface area contributed by atoms with E-state index in [1.165, 1.54) is 11.6 Å². The third-order valence-corrected chi connectivity index (χ3v) is 3.96. The van der Waals surface area contributed by atoms with E-state index in [1.54, 1.807) is 12.3 Å². The maximum Gasteiger partial charge on any atom is 0.126 e. The first-order valence-electron chi connectivity index (χ1n) is 6.96. The number of nitrogens with one attached hydrogen (secondary N) is 1. The molecule has 20 heavy (non-hydrogen) atoms. The third-order valence-electron chi connectivity index (χ3n) is 3.96. The first kappa shape index (κ1) is 13.2. The van der Waals surface area contributed by atoms with Crippen molar-refractivity contribution in [2.45, 2.75) is 38.3 Å². The van der Waals surface area contributed by atoms with E-state index in [9.17, 15) is 9.50 Å². The molecular formula is C16H18FNO2. The van der Waals surface area contributed by atoms with Crippen LogP contribution < -0.4 is 5.32 Å². The van der Waals surface area contributed by atoms with E-state index in [1.807, 2.05) is 13.0 Å². The summed E-state index contributed by atoms with van der Waals surface area (Å²) in [7, 11) is 0. The lowest BCUT2D eigenvalue weighted by Crippen LogP contribution is -2.27. The molecule has 0 saturated heterocycles. The average Bonchev–Trinajstić information content (AvgIpc) is 2.87. The predicted molar refractivity (Wildman–Crippen MR) is 74.0 cm³/mol. The van der Waals surface area contributed by atoms with Crippen LogP contribution in [0.3, 0.4) is 0 Å². The molecule has 2 atom stereocenters. The van der Waals surface area contributed by atoms with Crippen LogP contribution in [0.25, 0.3) is 0 Å². The summed E-state index contributed by atoms with van der Waals surface area (Å²) in [6.07, 6.45) is 4.83. The van der Waals surface area contributed by atoms with Crippen molar-refractivity contribution >= 4 is 0 Å². The van der Waals surface area contributed by atoms with Crippen molar-refractivity contribution in [2.75, 3.05) is 0 Å². The Hall–Kier alpha value is -1.81. The van der Waals surface area contributed by atoms with Gasteiger partial charge in [-0.05, 0) is 31.9 Å². The molecule has 2 N–H and O–H groups in total. The van der Waals surface area contributed by atoms with E-state index in [0.29, 0.717) is 5.56 Å². The number of aryl methyl sites for hydroxylation is 1. The topological polar surface area (TPSA) is 45.4 Å². The molecule has 3 nitrogen and oxygen atoms in total. The summed E-state index contributed by atoms with van der Waals surface area (Å²) in [5.41, 5.74) is 1.91. The van der Waals surface area contributed by atoms with Crippen LogP contribution in [0, 0.1) is 5.82 Å². The van der Waals surface area contributed by atoms with Gasteiger partial charge in [-0.2, -0.15) is 0 Å². The summed E-state index contributed by atoms with van der Waals surface area (Å²) in [6.45, 7) is 1.97. The van der Waals surface area contributed by atoms with Gasteiger partial charge in [0.1, 0.15) is 17.3 Å². The zero-order chi connectivity index (χ0) is 14.1. The molecular weight excluding hydrogens is 257 g/mol. The lowest BCUT2D eigenvalue weighted by molar-refractivity contribution is 0.377. The maximum atomic E-state index is 13.0. The summed E-state index contributed by atoms with van der Waals surface area (Å²) < 4.78 is 18.5. The molecule has 0 bridgehead atoms. The van der Waals surface area contributed by atoms with Crippen LogP contribution in [0.2, 0.25) is 0 Å². The number of halogens is 1. The molecule has 0 radical (unpaired) electrons. The normalized spacial score (nSPS) is 19.6.